The second-order valence-electron chi connectivity index (χ2n) is 7.33. The molecule has 148 valence electrons. The summed E-state index contributed by atoms with van der Waals surface area (Å²) in [5.41, 5.74) is 3.83. The predicted octanol–water partition coefficient (Wildman–Crippen LogP) is 3.91. The maximum absolute atomic E-state index is 12.1. The number of ether oxygens (including phenoxy) is 3. The van der Waals surface area contributed by atoms with Crippen molar-refractivity contribution in [1.82, 2.24) is 4.90 Å². The molecule has 0 amide bonds. The Morgan fingerprint density at radius 2 is 1.96 bits per heavy atom. The molecular formula is C22H31NO4. The highest BCUT2D eigenvalue weighted by Gasteiger charge is 2.36. The van der Waals surface area contributed by atoms with E-state index in [1.165, 1.54) is 16.7 Å². The van der Waals surface area contributed by atoms with Gasteiger partial charge in [-0.05, 0) is 55.4 Å². The van der Waals surface area contributed by atoms with E-state index in [0.717, 1.165) is 50.3 Å². The van der Waals surface area contributed by atoms with Gasteiger partial charge in [-0.1, -0.05) is 18.9 Å². The summed E-state index contributed by atoms with van der Waals surface area (Å²) in [4.78, 5) is 14.7. The molecule has 2 heterocycles. The molecule has 0 spiro atoms. The van der Waals surface area contributed by atoms with E-state index in [1.807, 2.05) is 6.92 Å². The fraction of sp³-hybridized carbons (Fsp3) is 0.591. The van der Waals surface area contributed by atoms with Crippen LogP contribution < -0.4 is 9.47 Å². The van der Waals surface area contributed by atoms with Crippen LogP contribution in [0.1, 0.15) is 50.3 Å². The number of carbonyl (C=O) groups excluding carboxylic acids is 1. The van der Waals surface area contributed by atoms with E-state index in [4.69, 9.17) is 14.2 Å². The van der Waals surface area contributed by atoms with Gasteiger partial charge in [0.2, 0.25) is 0 Å². The van der Waals surface area contributed by atoms with Crippen LogP contribution in [0.5, 0.6) is 11.5 Å². The van der Waals surface area contributed by atoms with Crippen LogP contribution in [0.3, 0.4) is 0 Å². The number of benzene rings is 1. The largest absolute Gasteiger partial charge is 0.493 e. The molecule has 1 fully saturated rings. The van der Waals surface area contributed by atoms with E-state index in [-0.39, 0.29) is 12.0 Å². The highest BCUT2D eigenvalue weighted by atomic mass is 16.5. The molecule has 2 aliphatic rings. The monoisotopic (exact) mass is 373 g/mol. The molecule has 0 aliphatic carbocycles. The normalized spacial score (nSPS) is 23.5. The van der Waals surface area contributed by atoms with E-state index < -0.39 is 0 Å². The van der Waals surface area contributed by atoms with Gasteiger partial charge in [0.15, 0.2) is 11.5 Å². The summed E-state index contributed by atoms with van der Waals surface area (Å²) in [6.07, 6.45) is 5.85. The first-order valence-electron chi connectivity index (χ1n) is 9.97. The lowest BCUT2D eigenvalue weighted by Gasteiger charge is -2.45. The molecule has 0 N–H and O–H groups in total. The number of esters is 1. The number of nitrogens with zero attached hydrogens (tertiary/aromatic N) is 1. The number of hydrogen-bond donors (Lipinski definition) is 0. The zero-order chi connectivity index (χ0) is 19.4. The summed E-state index contributed by atoms with van der Waals surface area (Å²) < 4.78 is 16.2. The molecule has 5 heteroatoms. The maximum atomic E-state index is 12.1. The highest BCUT2D eigenvalue weighted by molar-refractivity contribution is 5.83. The second-order valence-corrected chi connectivity index (χ2v) is 7.33. The topological polar surface area (TPSA) is 48.0 Å². The fourth-order valence-electron chi connectivity index (χ4n) is 4.47. The summed E-state index contributed by atoms with van der Waals surface area (Å²) in [6, 6.07) is 4.51. The van der Waals surface area contributed by atoms with Crippen molar-refractivity contribution in [3.8, 4) is 11.5 Å². The number of piperidine rings is 1. The van der Waals surface area contributed by atoms with Gasteiger partial charge in [0.25, 0.3) is 0 Å². The van der Waals surface area contributed by atoms with E-state index in [2.05, 4.69) is 24.0 Å². The Kier molecular flexibility index (Phi) is 6.42. The van der Waals surface area contributed by atoms with Gasteiger partial charge in [0.05, 0.1) is 20.8 Å². The lowest BCUT2D eigenvalue weighted by Crippen LogP contribution is -2.43. The van der Waals surface area contributed by atoms with Gasteiger partial charge in [-0.15, -0.1) is 0 Å². The van der Waals surface area contributed by atoms with Crippen LogP contribution in [-0.2, 0) is 16.0 Å². The van der Waals surface area contributed by atoms with Crippen LogP contribution >= 0.6 is 0 Å². The maximum Gasteiger partial charge on any atom is 0.330 e. The average Bonchev–Trinajstić information content (AvgIpc) is 2.67. The first-order valence-corrected chi connectivity index (χ1v) is 9.97. The first kappa shape index (κ1) is 19.7. The third-order valence-corrected chi connectivity index (χ3v) is 5.75. The third kappa shape index (κ3) is 4.13. The Labute approximate surface area is 162 Å². The molecule has 27 heavy (non-hydrogen) atoms. The van der Waals surface area contributed by atoms with E-state index in [9.17, 15) is 4.79 Å². The van der Waals surface area contributed by atoms with Gasteiger partial charge in [-0.25, -0.2) is 4.79 Å². The lowest BCUT2D eigenvalue weighted by atomic mass is 9.78. The summed E-state index contributed by atoms with van der Waals surface area (Å²) in [5, 5.41) is 0. The summed E-state index contributed by atoms with van der Waals surface area (Å²) in [7, 11) is 3.35. The quantitative estimate of drug-likeness (QED) is 0.559. The molecule has 2 aliphatic heterocycles. The number of hydrogen-bond acceptors (Lipinski definition) is 5. The van der Waals surface area contributed by atoms with Crippen molar-refractivity contribution in [3.63, 3.8) is 0 Å². The van der Waals surface area contributed by atoms with E-state index in [1.54, 1.807) is 20.3 Å². The third-order valence-electron chi connectivity index (χ3n) is 5.75. The number of carbonyl (C=O) groups is 1. The van der Waals surface area contributed by atoms with Gasteiger partial charge in [0, 0.05) is 25.2 Å². The average molecular weight is 373 g/mol. The van der Waals surface area contributed by atoms with E-state index >= 15 is 0 Å². The smallest absolute Gasteiger partial charge is 0.330 e. The molecule has 0 saturated carbocycles. The summed E-state index contributed by atoms with van der Waals surface area (Å²) >= 11 is 0. The van der Waals surface area contributed by atoms with Crippen molar-refractivity contribution in [1.29, 1.82) is 0 Å². The summed E-state index contributed by atoms with van der Waals surface area (Å²) in [5.74, 6) is 1.76. The SMILES string of the molecule is CCCC1CN2CCc3cc(OC)c(OC)cc3C2CC1=CC(=O)OCC. The molecule has 0 bridgehead atoms. The Hall–Kier alpha value is -2.01. The molecule has 0 radical (unpaired) electrons. The minimum Gasteiger partial charge on any atom is -0.493 e. The predicted molar refractivity (Wildman–Crippen MR) is 105 cm³/mol. The van der Waals surface area contributed by atoms with Crippen LogP contribution in [0.15, 0.2) is 23.8 Å². The number of rotatable bonds is 6. The van der Waals surface area contributed by atoms with Crippen LogP contribution in [0, 0.1) is 5.92 Å². The molecule has 1 aromatic rings. The molecule has 3 rings (SSSR count). The Bertz CT molecular complexity index is 713. The zero-order valence-corrected chi connectivity index (χ0v) is 16.9. The Morgan fingerprint density at radius 1 is 1.22 bits per heavy atom. The lowest BCUT2D eigenvalue weighted by molar-refractivity contribution is -0.137. The molecule has 5 nitrogen and oxygen atoms in total. The van der Waals surface area contributed by atoms with Gasteiger partial charge in [-0.3, -0.25) is 4.90 Å². The van der Waals surface area contributed by atoms with Gasteiger partial charge in [-0.2, -0.15) is 0 Å². The van der Waals surface area contributed by atoms with E-state index in [0.29, 0.717) is 12.5 Å². The summed E-state index contributed by atoms with van der Waals surface area (Å²) in [6.45, 7) is 6.50. The standard InChI is InChI=1S/C22H31NO4/c1-5-7-16-14-23-9-8-15-11-20(25-3)21(26-4)13-18(15)19(23)10-17(16)12-22(24)27-6-2/h11-13,16,19H,5-10,14H2,1-4H3. The van der Waals surface area contributed by atoms with Crippen LogP contribution in [0.25, 0.3) is 0 Å². The van der Waals surface area contributed by atoms with Crippen molar-refractivity contribution in [2.45, 2.75) is 45.6 Å². The second kappa shape index (κ2) is 8.79. The zero-order valence-electron chi connectivity index (χ0n) is 16.9. The van der Waals surface area contributed by atoms with Crippen LogP contribution in [0.2, 0.25) is 0 Å². The molecule has 0 aromatic heterocycles. The van der Waals surface area contributed by atoms with Gasteiger partial charge in [0.1, 0.15) is 0 Å². The van der Waals surface area contributed by atoms with Gasteiger partial charge < -0.3 is 14.2 Å². The van der Waals surface area contributed by atoms with Crippen molar-refractivity contribution in [2.24, 2.45) is 5.92 Å². The van der Waals surface area contributed by atoms with Crippen LogP contribution in [-0.4, -0.2) is 44.8 Å². The molecule has 1 aromatic carbocycles. The minimum atomic E-state index is -0.217. The minimum absolute atomic E-state index is 0.217. The Morgan fingerprint density at radius 3 is 2.63 bits per heavy atom. The van der Waals surface area contributed by atoms with Crippen LogP contribution in [0.4, 0.5) is 0 Å². The van der Waals surface area contributed by atoms with Crippen molar-refractivity contribution < 1.29 is 19.0 Å². The van der Waals surface area contributed by atoms with Crippen molar-refractivity contribution in [3.05, 3.63) is 34.9 Å². The molecular weight excluding hydrogens is 342 g/mol. The van der Waals surface area contributed by atoms with Crippen molar-refractivity contribution >= 4 is 5.97 Å². The fourth-order valence-corrected chi connectivity index (χ4v) is 4.47. The first-order chi connectivity index (χ1) is 13.1. The highest BCUT2D eigenvalue weighted by Crippen LogP contribution is 2.45. The number of methoxy groups -OCH3 is 2. The molecule has 1 saturated heterocycles. The molecule has 2 unspecified atom stereocenters. The van der Waals surface area contributed by atoms with Crippen molar-refractivity contribution in [2.75, 3.05) is 33.9 Å². The Balaban J connectivity index is 1.94. The number of fused-ring (bicyclic) bond motifs is 3. The van der Waals surface area contributed by atoms with Gasteiger partial charge >= 0.3 is 5.97 Å². The molecule has 2 atom stereocenters.